The summed E-state index contributed by atoms with van der Waals surface area (Å²) in [6.45, 7) is 26.5. The van der Waals surface area contributed by atoms with Crippen LogP contribution in [0, 0.1) is 69.0 Å². The Morgan fingerprint density at radius 3 is 2.26 bits per heavy atom. The van der Waals surface area contributed by atoms with Gasteiger partial charge in [0.2, 0.25) is 5.91 Å². The zero-order valence-electron chi connectivity index (χ0n) is 37.4. The van der Waals surface area contributed by atoms with Crippen molar-refractivity contribution in [3.8, 4) is 0 Å². The lowest BCUT2D eigenvalue weighted by molar-refractivity contribution is -0.236. The Labute approximate surface area is 347 Å². The molecular weight excluding hydrogens is 729 g/mol. The van der Waals surface area contributed by atoms with Crippen LogP contribution in [-0.2, 0) is 28.7 Å². The molecular formula is C49H70N2O7. The molecule has 318 valence electrons. The van der Waals surface area contributed by atoms with E-state index in [0.29, 0.717) is 36.8 Å². The van der Waals surface area contributed by atoms with Crippen LogP contribution < -0.4 is 5.32 Å². The van der Waals surface area contributed by atoms with Crippen LogP contribution in [-0.4, -0.2) is 52.6 Å². The van der Waals surface area contributed by atoms with Crippen LogP contribution in [0.4, 0.5) is 0 Å². The molecule has 0 unspecified atom stereocenters. The number of fused-ring (bicyclic) bond motifs is 7. The van der Waals surface area contributed by atoms with Gasteiger partial charge < -0.3 is 14.8 Å². The van der Waals surface area contributed by atoms with Gasteiger partial charge in [-0.25, -0.2) is 0 Å². The van der Waals surface area contributed by atoms with E-state index in [1.165, 1.54) is 5.57 Å². The molecule has 0 aliphatic heterocycles. The highest BCUT2D eigenvalue weighted by Gasteiger charge is 2.70. The second kappa shape index (κ2) is 14.1. The number of Topliss-reactive ketones (excluding diaryl/α,β-unsaturated/α-hetero) is 2. The van der Waals surface area contributed by atoms with E-state index in [0.717, 1.165) is 56.1 Å². The lowest BCUT2D eigenvalue weighted by atomic mass is 9.33. The fraction of sp³-hybridized carbons (Fsp3) is 0.755. The summed E-state index contributed by atoms with van der Waals surface area (Å²) in [4.78, 5) is 71.2. The molecule has 58 heavy (non-hydrogen) atoms. The van der Waals surface area contributed by atoms with E-state index in [1.54, 1.807) is 6.20 Å². The highest BCUT2D eigenvalue weighted by Crippen LogP contribution is 2.76. The van der Waals surface area contributed by atoms with Crippen molar-refractivity contribution < 1.29 is 33.4 Å². The van der Waals surface area contributed by atoms with E-state index >= 15 is 0 Å². The van der Waals surface area contributed by atoms with Crippen LogP contribution in [0.15, 0.2) is 29.5 Å². The maximum absolute atomic E-state index is 14.5. The molecule has 10 atom stereocenters. The monoisotopic (exact) mass is 799 g/mol. The van der Waals surface area contributed by atoms with Crippen molar-refractivity contribution in [1.29, 1.82) is 0 Å². The molecule has 1 aromatic heterocycles. The second-order valence-electron chi connectivity index (χ2n) is 22.5. The van der Waals surface area contributed by atoms with Crippen LogP contribution >= 0.6 is 0 Å². The molecule has 0 radical (unpaired) electrons. The topological polar surface area (TPSA) is 129 Å². The largest absolute Gasteiger partial charge is 0.464 e. The van der Waals surface area contributed by atoms with Crippen molar-refractivity contribution in [1.82, 2.24) is 10.3 Å². The van der Waals surface area contributed by atoms with Crippen molar-refractivity contribution >= 4 is 29.9 Å². The highest BCUT2D eigenvalue weighted by molar-refractivity contribution is 6.03. The van der Waals surface area contributed by atoms with Gasteiger partial charge in [-0.15, -0.1) is 0 Å². The molecule has 1 N–H and O–H groups in total. The van der Waals surface area contributed by atoms with Crippen molar-refractivity contribution in [2.24, 2.45) is 62.1 Å². The number of hydrogen-bond acceptors (Lipinski definition) is 8. The van der Waals surface area contributed by atoms with Crippen molar-refractivity contribution in [3.63, 3.8) is 0 Å². The van der Waals surface area contributed by atoms with Gasteiger partial charge in [-0.3, -0.25) is 29.0 Å². The average molecular weight is 799 g/mol. The first-order chi connectivity index (χ1) is 26.9. The van der Waals surface area contributed by atoms with E-state index < -0.39 is 16.4 Å². The molecule has 9 heteroatoms. The van der Waals surface area contributed by atoms with Crippen LogP contribution in [0.5, 0.6) is 0 Å². The zero-order valence-corrected chi connectivity index (χ0v) is 37.4. The van der Waals surface area contributed by atoms with Gasteiger partial charge in [0.05, 0.1) is 16.9 Å². The lowest BCUT2D eigenvalue weighted by Gasteiger charge is -2.72. The number of pyridine rings is 1. The van der Waals surface area contributed by atoms with Crippen LogP contribution in [0.3, 0.4) is 0 Å². The first-order valence-corrected chi connectivity index (χ1v) is 22.3. The summed E-state index contributed by atoms with van der Waals surface area (Å²) in [5.74, 6) is 0.413. The number of hydrogen-bond donors (Lipinski definition) is 1. The Balaban J connectivity index is 1.14. The smallest absolute Gasteiger partial charge is 0.310 e. The van der Waals surface area contributed by atoms with Gasteiger partial charge in [-0.05, 0) is 127 Å². The Morgan fingerprint density at radius 1 is 0.914 bits per heavy atom. The molecule has 1 aromatic rings. The van der Waals surface area contributed by atoms with Crippen LogP contribution in [0.2, 0.25) is 0 Å². The van der Waals surface area contributed by atoms with Crippen LogP contribution in [0.25, 0.3) is 0 Å². The number of aryl methyl sites for hydroxylation is 1. The van der Waals surface area contributed by atoms with Crippen LogP contribution in [0.1, 0.15) is 163 Å². The molecule has 7 rings (SSSR count). The summed E-state index contributed by atoms with van der Waals surface area (Å²) in [6.07, 6.45) is 9.57. The zero-order chi connectivity index (χ0) is 42.6. The molecule has 9 nitrogen and oxygen atoms in total. The number of amides is 1. The normalized spacial score (nSPS) is 38.7. The van der Waals surface area contributed by atoms with E-state index in [-0.39, 0.29) is 87.9 Å². The SMILES string of the molecule is Cc1cccnc1C(=O)CC(C)(C)C(=O)N[C@@]12CC[C@]3(C)[C@H](CC[C@@H]4[C@@]5(C)CC[C@H](OC(=O)[C@H]6C[C@@H](OC=O)C6(C)C)C(C)(C)[C@@H]5CC[C@]43C)C1=C(C(C)C)C(=O)C2. The number of esters is 1. The van der Waals surface area contributed by atoms with Gasteiger partial charge in [0.15, 0.2) is 11.6 Å². The standard InChI is InChI=1S/C49H70N2O7/c1-28(2)38-32(53)26-49(51-42(56)43(4,5)25-33(54)40-29(3)14-13-23-50-40)22-21-47(11)30(39(38)49)15-16-35-46(10)19-18-36(45(8,9)34(46)17-20-48(35,47)12)58-41(55)31-24-37(57-27-52)44(31,6)7/h13-14,23,27-28,30-31,34-37H,15-22,24-26H2,1-12H3,(H,51,56)/t30-,31-,34+,35-,36+,37-,46+,47-,48-,49-/m1/s1. The van der Waals surface area contributed by atoms with Gasteiger partial charge in [-0.1, -0.05) is 82.2 Å². The fourth-order valence-corrected chi connectivity index (χ4v) is 14.5. The average Bonchev–Trinajstić information content (AvgIpc) is 3.43. The summed E-state index contributed by atoms with van der Waals surface area (Å²) < 4.78 is 11.7. The first-order valence-electron chi connectivity index (χ1n) is 22.3. The van der Waals surface area contributed by atoms with Gasteiger partial charge >= 0.3 is 5.97 Å². The molecule has 5 saturated carbocycles. The summed E-state index contributed by atoms with van der Waals surface area (Å²) >= 11 is 0. The summed E-state index contributed by atoms with van der Waals surface area (Å²) in [5, 5.41) is 3.52. The molecule has 0 spiro atoms. The maximum Gasteiger partial charge on any atom is 0.310 e. The summed E-state index contributed by atoms with van der Waals surface area (Å²) in [5.41, 5.74) is 0.866. The van der Waals surface area contributed by atoms with Crippen molar-refractivity contribution in [2.45, 2.75) is 171 Å². The number of aromatic nitrogens is 1. The molecule has 6 aliphatic carbocycles. The van der Waals surface area contributed by atoms with Gasteiger partial charge in [0, 0.05) is 29.9 Å². The Hall–Kier alpha value is -3.36. The molecule has 0 aromatic carbocycles. The molecule has 1 amide bonds. The first kappa shape index (κ1) is 42.8. The molecule has 5 fully saturated rings. The Bertz CT molecular complexity index is 1930. The Kier molecular flexibility index (Phi) is 10.4. The maximum atomic E-state index is 14.5. The van der Waals surface area contributed by atoms with Crippen molar-refractivity contribution in [3.05, 3.63) is 40.7 Å². The third kappa shape index (κ3) is 6.19. The minimum Gasteiger partial charge on any atom is -0.464 e. The third-order valence-corrected chi connectivity index (χ3v) is 18.2. The quantitative estimate of drug-likeness (QED) is 0.141. The summed E-state index contributed by atoms with van der Waals surface area (Å²) in [6, 6.07) is 3.68. The number of ketones is 2. The fourth-order valence-electron chi connectivity index (χ4n) is 14.5. The number of carbonyl (C=O) groups is 5. The number of nitrogens with one attached hydrogen (secondary N) is 1. The number of rotatable bonds is 10. The summed E-state index contributed by atoms with van der Waals surface area (Å²) in [7, 11) is 0. The third-order valence-electron chi connectivity index (χ3n) is 18.2. The second-order valence-corrected chi connectivity index (χ2v) is 22.5. The number of carbonyl (C=O) groups excluding carboxylic acids is 5. The van der Waals surface area contributed by atoms with E-state index in [1.807, 2.05) is 46.8 Å². The van der Waals surface area contributed by atoms with E-state index in [9.17, 15) is 24.0 Å². The lowest BCUT2D eigenvalue weighted by Crippen LogP contribution is -2.67. The predicted octanol–water partition coefficient (Wildman–Crippen LogP) is 9.34. The van der Waals surface area contributed by atoms with E-state index in [2.05, 4.69) is 58.8 Å². The Morgan fingerprint density at radius 2 is 1.62 bits per heavy atom. The molecule has 0 bridgehead atoms. The van der Waals surface area contributed by atoms with Gasteiger partial charge in [-0.2, -0.15) is 0 Å². The molecule has 1 heterocycles. The highest BCUT2D eigenvalue weighted by atomic mass is 16.6. The van der Waals surface area contributed by atoms with Gasteiger partial charge in [0.1, 0.15) is 17.9 Å². The number of allylic oxidation sites excluding steroid dienone is 1. The minimum absolute atomic E-state index is 0.00738. The number of nitrogens with zero attached hydrogens (tertiary/aromatic N) is 1. The minimum atomic E-state index is -0.997. The van der Waals surface area contributed by atoms with Gasteiger partial charge in [0.25, 0.3) is 6.47 Å². The molecule has 6 aliphatic rings. The number of ether oxygens (including phenoxy) is 2. The van der Waals surface area contributed by atoms with E-state index in [4.69, 9.17) is 9.47 Å². The molecule has 0 saturated heterocycles. The predicted molar refractivity (Wildman–Crippen MR) is 222 cm³/mol. The van der Waals surface area contributed by atoms with Crippen molar-refractivity contribution in [2.75, 3.05) is 0 Å².